The summed E-state index contributed by atoms with van der Waals surface area (Å²) in [5, 5.41) is 0.691. The van der Waals surface area contributed by atoms with Gasteiger partial charge in [-0.15, -0.1) is 0 Å². The number of hydrogen-bond donors (Lipinski definition) is 1. The highest BCUT2D eigenvalue weighted by molar-refractivity contribution is 6.31. The van der Waals surface area contributed by atoms with Crippen LogP contribution in [0.5, 0.6) is 5.75 Å². The number of aryl methyl sites for hydroxylation is 1. The van der Waals surface area contributed by atoms with E-state index in [4.69, 9.17) is 26.8 Å². The summed E-state index contributed by atoms with van der Waals surface area (Å²) >= 11 is 6.20. The van der Waals surface area contributed by atoms with E-state index in [1.54, 1.807) is 4.90 Å². The lowest BCUT2D eigenvalue weighted by molar-refractivity contribution is -0.139. The van der Waals surface area contributed by atoms with Crippen LogP contribution >= 0.6 is 11.6 Å². The number of morpholine rings is 1. The molecule has 0 aromatic heterocycles. The zero-order valence-corrected chi connectivity index (χ0v) is 22.2. The molecule has 36 heavy (non-hydrogen) atoms. The first kappa shape index (κ1) is 26.5. The number of carbonyl (C=O) groups excluding carboxylic acids is 2. The molecule has 1 aromatic rings. The van der Waals surface area contributed by atoms with E-state index in [1.165, 1.54) is 0 Å². The predicted octanol–water partition coefficient (Wildman–Crippen LogP) is 3.49. The Kier molecular flexibility index (Phi) is 8.57. The van der Waals surface area contributed by atoms with Crippen LogP contribution in [0.1, 0.15) is 51.5 Å². The van der Waals surface area contributed by atoms with Crippen molar-refractivity contribution in [1.29, 1.82) is 0 Å². The fraction of sp³-hybridized carbons (Fsp3) is 0.593. The Bertz CT molecular complexity index is 1040. The molecule has 9 heteroatoms. The van der Waals surface area contributed by atoms with Crippen LogP contribution in [-0.4, -0.2) is 78.4 Å². The Morgan fingerprint density at radius 1 is 1.14 bits per heavy atom. The van der Waals surface area contributed by atoms with Gasteiger partial charge >= 0.3 is 0 Å². The number of nitrogens with zero attached hydrogens (tertiary/aromatic N) is 3. The monoisotopic (exact) mass is 516 g/mol. The highest BCUT2D eigenvalue weighted by Crippen LogP contribution is 2.27. The average molecular weight is 517 g/mol. The van der Waals surface area contributed by atoms with Crippen molar-refractivity contribution in [3.63, 3.8) is 0 Å². The molecule has 0 bridgehead atoms. The summed E-state index contributed by atoms with van der Waals surface area (Å²) < 4.78 is 11.8. The van der Waals surface area contributed by atoms with Crippen LogP contribution < -0.4 is 10.5 Å². The van der Waals surface area contributed by atoms with Crippen LogP contribution in [0.15, 0.2) is 34.5 Å². The van der Waals surface area contributed by atoms with Crippen molar-refractivity contribution in [3.8, 4) is 5.75 Å². The maximum atomic E-state index is 13.0. The Labute approximate surface area is 218 Å². The first-order valence-electron chi connectivity index (χ1n) is 12.9. The van der Waals surface area contributed by atoms with E-state index in [2.05, 4.69) is 4.99 Å². The summed E-state index contributed by atoms with van der Waals surface area (Å²) in [6.45, 7) is 8.26. The minimum absolute atomic E-state index is 0.00805. The zero-order valence-electron chi connectivity index (χ0n) is 21.5. The third kappa shape index (κ3) is 6.40. The second-order valence-electron chi connectivity index (χ2n) is 10.1. The highest BCUT2D eigenvalue weighted by atomic mass is 35.5. The molecule has 1 aromatic carbocycles. The average Bonchev–Trinajstić information content (AvgIpc) is 3.32. The molecule has 2 N–H and O–H groups in total. The smallest absolute Gasteiger partial charge is 0.270 e. The van der Waals surface area contributed by atoms with Crippen LogP contribution in [0.3, 0.4) is 0 Å². The quantitative estimate of drug-likeness (QED) is 0.604. The van der Waals surface area contributed by atoms with Crippen LogP contribution in [0.4, 0.5) is 0 Å². The second-order valence-corrected chi connectivity index (χ2v) is 10.5. The van der Waals surface area contributed by atoms with Gasteiger partial charge in [-0.05, 0) is 57.7 Å². The fourth-order valence-corrected chi connectivity index (χ4v) is 5.33. The molecule has 0 unspecified atom stereocenters. The maximum Gasteiger partial charge on any atom is 0.270 e. The first-order chi connectivity index (χ1) is 17.2. The van der Waals surface area contributed by atoms with Gasteiger partial charge < -0.3 is 25.0 Å². The van der Waals surface area contributed by atoms with Gasteiger partial charge in [-0.25, -0.2) is 0 Å². The van der Waals surface area contributed by atoms with Gasteiger partial charge in [-0.2, -0.15) is 0 Å². The first-order valence-corrected chi connectivity index (χ1v) is 13.3. The summed E-state index contributed by atoms with van der Waals surface area (Å²) in [4.78, 5) is 34.1. The van der Waals surface area contributed by atoms with Crippen molar-refractivity contribution in [2.75, 3.05) is 32.7 Å². The molecule has 4 rings (SSSR count). The number of nitrogens with two attached hydrogens (primary N) is 1. The molecule has 8 nitrogen and oxygen atoms in total. The molecule has 2 heterocycles. The zero-order chi connectivity index (χ0) is 25.8. The van der Waals surface area contributed by atoms with E-state index in [9.17, 15) is 9.59 Å². The normalized spacial score (nSPS) is 25.8. The molecule has 1 saturated carbocycles. The van der Waals surface area contributed by atoms with Gasteiger partial charge in [0, 0.05) is 55.3 Å². The molecule has 1 aliphatic carbocycles. The standard InChI is InChI=1S/C27H37ClN4O4/c1-17-7-8-21(13-23(17)28)36-20-9-11-31(12-10-20)25(33)14-30-24-6-4-5-22(24)26(29)27(34)32-15-18(2)35-19(3)16-32/h7-8,13,18-20H,4-6,9-12,14-16,29H2,1-3H3/b26-22-,30-24?/t18-,19+. The molecule has 2 saturated heterocycles. The van der Waals surface area contributed by atoms with Gasteiger partial charge in [0.2, 0.25) is 5.91 Å². The number of carbonyl (C=O) groups is 2. The fourth-order valence-electron chi connectivity index (χ4n) is 5.16. The molecule has 2 atom stereocenters. The van der Waals surface area contributed by atoms with Gasteiger partial charge in [0.05, 0.1) is 12.2 Å². The summed E-state index contributed by atoms with van der Waals surface area (Å²) in [6, 6.07) is 5.72. The Hall–Kier alpha value is -2.58. The van der Waals surface area contributed by atoms with Crippen molar-refractivity contribution < 1.29 is 19.1 Å². The van der Waals surface area contributed by atoms with Gasteiger partial charge in [0.15, 0.2) is 0 Å². The number of rotatable bonds is 5. The maximum absolute atomic E-state index is 13.0. The third-order valence-corrected chi connectivity index (χ3v) is 7.50. The molecule has 2 amide bonds. The van der Waals surface area contributed by atoms with Crippen molar-refractivity contribution in [2.45, 2.75) is 71.2 Å². The van der Waals surface area contributed by atoms with Crippen LogP contribution in [0.2, 0.25) is 5.02 Å². The lowest BCUT2D eigenvalue weighted by Gasteiger charge is -2.35. The number of benzene rings is 1. The molecule has 3 fully saturated rings. The SMILES string of the molecule is Cc1ccc(OC2CCN(C(=O)CN=C3CCC/C3=C(/N)C(=O)N3C[C@@H](C)O[C@@H](C)C3)CC2)cc1Cl. The number of aliphatic imine (C=N–C) groups is 1. The number of amides is 2. The van der Waals surface area contributed by atoms with Crippen molar-refractivity contribution >= 4 is 29.1 Å². The Morgan fingerprint density at radius 2 is 1.83 bits per heavy atom. The molecule has 196 valence electrons. The number of piperidine rings is 1. The summed E-state index contributed by atoms with van der Waals surface area (Å²) in [5.41, 5.74) is 9.19. The van der Waals surface area contributed by atoms with E-state index < -0.39 is 0 Å². The molecular weight excluding hydrogens is 480 g/mol. The van der Waals surface area contributed by atoms with Crippen LogP contribution in [-0.2, 0) is 14.3 Å². The largest absolute Gasteiger partial charge is 0.490 e. The lowest BCUT2D eigenvalue weighted by atomic mass is 10.1. The van der Waals surface area contributed by atoms with Crippen molar-refractivity contribution in [3.05, 3.63) is 40.1 Å². The minimum atomic E-state index is -0.162. The van der Waals surface area contributed by atoms with Gasteiger partial charge in [-0.1, -0.05) is 17.7 Å². The number of halogens is 1. The molecule has 0 spiro atoms. The third-order valence-electron chi connectivity index (χ3n) is 7.10. The van der Waals surface area contributed by atoms with E-state index in [-0.39, 0.29) is 42.4 Å². The summed E-state index contributed by atoms with van der Waals surface area (Å²) in [5.74, 6) is 0.589. The topological polar surface area (TPSA) is 97.5 Å². The van der Waals surface area contributed by atoms with E-state index in [1.807, 2.05) is 43.9 Å². The minimum Gasteiger partial charge on any atom is -0.490 e. The molecule has 2 aliphatic heterocycles. The lowest BCUT2D eigenvalue weighted by Crippen LogP contribution is -2.49. The van der Waals surface area contributed by atoms with E-state index in [0.717, 1.165) is 48.3 Å². The molecule has 0 radical (unpaired) electrons. The predicted molar refractivity (Wildman–Crippen MR) is 140 cm³/mol. The number of allylic oxidation sites excluding steroid dienone is 1. The van der Waals surface area contributed by atoms with Crippen molar-refractivity contribution in [1.82, 2.24) is 9.80 Å². The van der Waals surface area contributed by atoms with Crippen LogP contribution in [0, 0.1) is 6.92 Å². The van der Waals surface area contributed by atoms with E-state index >= 15 is 0 Å². The second kappa shape index (κ2) is 11.6. The number of likely N-dealkylation sites (tertiary alicyclic amines) is 1. The van der Waals surface area contributed by atoms with Gasteiger partial charge in [0.1, 0.15) is 24.1 Å². The summed E-state index contributed by atoms with van der Waals surface area (Å²) in [6.07, 6.45) is 3.88. The highest BCUT2D eigenvalue weighted by Gasteiger charge is 2.30. The Morgan fingerprint density at radius 3 is 2.50 bits per heavy atom. The Balaban J connectivity index is 1.31. The van der Waals surface area contributed by atoms with Crippen LogP contribution in [0.25, 0.3) is 0 Å². The van der Waals surface area contributed by atoms with Gasteiger partial charge in [-0.3, -0.25) is 14.6 Å². The van der Waals surface area contributed by atoms with E-state index in [0.29, 0.717) is 37.6 Å². The van der Waals surface area contributed by atoms with Crippen molar-refractivity contribution in [2.24, 2.45) is 10.7 Å². The molecule has 3 aliphatic rings. The number of hydrogen-bond acceptors (Lipinski definition) is 6. The van der Waals surface area contributed by atoms with Gasteiger partial charge in [0.25, 0.3) is 5.91 Å². The molecular formula is C27H37ClN4O4. The summed E-state index contributed by atoms with van der Waals surface area (Å²) in [7, 11) is 0. The number of ether oxygens (including phenoxy) is 2.